The molecule has 0 radical (unpaired) electrons. The van der Waals surface area contributed by atoms with E-state index in [-0.39, 0.29) is 11.5 Å². The van der Waals surface area contributed by atoms with E-state index in [1.54, 1.807) is 48.8 Å². The van der Waals surface area contributed by atoms with Gasteiger partial charge in [-0.1, -0.05) is 37.6 Å². The third-order valence-corrected chi connectivity index (χ3v) is 5.21. The van der Waals surface area contributed by atoms with Gasteiger partial charge in [0, 0.05) is 34.6 Å². The number of hydrogen-bond donors (Lipinski definition) is 1. The van der Waals surface area contributed by atoms with Gasteiger partial charge in [-0.15, -0.1) is 0 Å². The summed E-state index contributed by atoms with van der Waals surface area (Å²) < 4.78 is 41.7. The molecular formula is C23H23ClF3N3O. The Bertz CT molecular complexity index is 1090. The lowest BCUT2D eigenvalue weighted by molar-refractivity contribution is -0.182. The first-order valence-electron chi connectivity index (χ1n) is 9.73. The first-order chi connectivity index (χ1) is 14.4. The molecule has 0 aliphatic rings. The fourth-order valence-electron chi connectivity index (χ4n) is 3.08. The average molecular weight is 450 g/mol. The zero-order chi connectivity index (χ0) is 23.0. The van der Waals surface area contributed by atoms with Crippen LogP contribution >= 0.6 is 11.6 Å². The summed E-state index contributed by atoms with van der Waals surface area (Å²) in [4.78, 5) is 17.2. The van der Waals surface area contributed by atoms with E-state index in [4.69, 9.17) is 11.6 Å². The summed E-state index contributed by atoms with van der Waals surface area (Å²) in [6.45, 7) is 5.84. The molecule has 0 aliphatic carbocycles. The van der Waals surface area contributed by atoms with Crippen molar-refractivity contribution in [3.63, 3.8) is 0 Å². The van der Waals surface area contributed by atoms with Crippen LogP contribution in [0, 0.1) is 0 Å². The van der Waals surface area contributed by atoms with Crippen LogP contribution in [0.4, 0.5) is 13.2 Å². The van der Waals surface area contributed by atoms with Crippen molar-refractivity contribution in [3.8, 4) is 16.8 Å². The van der Waals surface area contributed by atoms with Crippen molar-refractivity contribution in [2.24, 2.45) is 0 Å². The summed E-state index contributed by atoms with van der Waals surface area (Å²) >= 11 is 5.98. The smallest absolute Gasteiger partial charge is 0.338 e. The van der Waals surface area contributed by atoms with Crippen LogP contribution in [-0.4, -0.2) is 27.2 Å². The maximum Gasteiger partial charge on any atom is 0.410 e. The summed E-state index contributed by atoms with van der Waals surface area (Å²) in [5.41, 5.74) is -0.181. The van der Waals surface area contributed by atoms with Crippen molar-refractivity contribution in [2.45, 2.75) is 45.3 Å². The Morgan fingerprint density at radius 2 is 1.71 bits per heavy atom. The van der Waals surface area contributed by atoms with Crippen LogP contribution in [0.3, 0.4) is 0 Å². The predicted octanol–water partition coefficient (Wildman–Crippen LogP) is 6.39. The maximum absolute atomic E-state index is 13.3. The Hall–Kier alpha value is -2.80. The highest BCUT2D eigenvalue weighted by Crippen LogP contribution is 2.31. The summed E-state index contributed by atoms with van der Waals surface area (Å²) in [6, 6.07) is 12.0. The lowest BCUT2D eigenvalue weighted by Gasteiger charge is -2.29. The first kappa shape index (κ1) is 22.9. The number of amides is 1. The number of nitrogens with zero attached hydrogens (tertiary/aromatic N) is 2. The van der Waals surface area contributed by atoms with Gasteiger partial charge in [-0.05, 0) is 55.3 Å². The minimum absolute atomic E-state index is 0.107. The van der Waals surface area contributed by atoms with Gasteiger partial charge in [-0.25, -0.2) is 4.98 Å². The molecule has 3 rings (SSSR count). The molecule has 8 heteroatoms. The summed E-state index contributed by atoms with van der Waals surface area (Å²) in [6.07, 6.45) is -1.18. The van der Waals surface area contributed by atoms with Gasteiger partial charge in [0.1, 0.15) is 11.4 Å². The van der Waals surface area contributed by atoms with Crippen LogP contribution in [0.15, 0.2) is 54.9 Å². The highest BCUT2D eigenvalue weighted by Gasteiger charge is 2.48. The molecule has 4 nitrogen and oxygen atoms in total. The second kappa shape index (κ2) is 8.38. The van der Waals surface area contributed by atoms with Gasteiger partial charge in [0.15, 0.2) is 0 Å². The Labute approximate surface area is 184 Å². The molecule has 164 valence electrons. The molecule has 1 aromatic heterocycles. The van der Waals surface area contributed by atoms with E-state index in [2.05, 4.69) is 10.3 Å². The molecule has 0 saturated carbocycles. The van der Waals surface area contributed by atoms with Crippen LogP contribution < -0.4 is 5.32 Å². The molecule has 1 amide bonds. The van der Waals surface area contributed by atoms with E-state index >= 15 is 0 Å². The average Bonchev–Trinajstić information content (AvgIpc) is 3.17. The minimum Gasteiger partial charge on any atom is -0.338 e. The molecule has 0 saturated heterocycles. The van der Waals surface area contributed by atoms with Gasteiger partial charge in [-0.3, -0.25) is 4.79 Å². The quantitative estimate of drug-likeness (QED) is 0.490. The molecule has 0 fully saturated rings. The van der Waals surface area contributed by atoms with E-state index in [0.717, 1.165) is 25.2 Å². The van der Waals surface area contributed by atoms with Crippen molar-refractivity contribution < 1.29 is 18.0 Å². The van der Waals surface area contributed by atoms with E-state index in [1.807, 2.05) is 24.5 Å². The Morgan fingerprint density at radius 3 is 2.29 bits per heavy atom. The third-order valence-electron chi connectivity index (χ3n) is 4.96. The van der Waals surface area contributed by atoms with Crippen LogP contribution in [0.1, 0.15) is 49.8 Å². The molecule has 0 aliphatic heterocycles. The number of alkyl halides is 3. The van der Waals surface area contributed by atoms with Crippen molar-refractivity contribution in [2.75, 3.05) is 0 Å². The normalized spacial score (nSPS) is 12.3. The molecule has 0 unspecified atom stereocenters. The molecular weight excluding hydrogens is 427 g/mol. The Balaban J connectivity index is 2.12. The Morgan fingerprint density at radius 1 is 1.06 bits per heavy atom. The van der Waals surface area contributed by atoms with E-state index < -0.39 is 17.6 Å². The minimum atomic E-state index is -4.59. The monoisotopic (exact) mass is 449 g/mol. The fourth-order valence-corrected chi connectivity index (χ4v) is 3.20. The second-order valence-corrected chi connectivity index (χ2v) is 8.60. The number of aromatic nitrogens is 2. The molecule has 0 bridgehead atoms. The van der Waals surface area contributed by atoms with Gasteiger partial charge in [0.2, 0.25) is 0 Å². The summed E-state index contributed by atoms with van der Waals surface area (Å²) in [5.74, 6) is 0.0662. The lowest BCUT2D eigenvalue weighted by Crippen LogP contribution is -2.54. The highest BCUT2D eigenvalue weighted by molar-refractivity contribution is 6.30. The van der Waals surface area contributed by atoms with Crippen LogP contribution in [0.2, 0.25) is 5.02 Å². The molecule has 0 spiro atoms. The molecule has 0 atom stereocenters. The number of halogens is 4. The van der Waals surface area contributed by atoms with E-state index in [1.165, 1.54) is 0 Å². The number of benzene rings is 2. The largest absolute Gasteiger partial charge is 0.410 e. The molecule has 31 heavy (non-hydrogen) atoms. The van der Waals surface area contributed by atoms with Crippen LogP contribution in [0.5, 0.6) is 0 Å². The van der Waals surface area contributed by atoms with Crippen molar-refractivity contribution in [3.05, 3.63) is 71.3 Å². The third kappa shape index (κ3) is 4.93. The van der Waals surface area contributed by atoms with Gasteiger partial charge < -0.3 is 9.88 Å². The van der Waals surface area contributed by atoms with Crippen LogP contribution in [0.25, 0.3) is 16.8 Å². The molecule has 1 N–H and O–H groups in total. The summed E-state index contributed by atoms with van der Waals surface area (Å²) in [5, 5.41) is 2.66. The summed E-state index contributed by atoms with van der Waals surface area (Å²) in [7, 11) is 0. The maximum atomic E-state index is 13.3. The van der Waals surface area contributed by atoms with Crippen molar-refractivity contribution >= 4 is 17.5 Å². The number of carbonyl (C=O) groups is 1. The highest BCUT2D eigenvalue weighted by atomic mass is 35.5. The van der Waals surface area contributed by atoms with E-state index in [0.29, 0.717) is 16.3 Å². The van der Waals surface area contributed by atoms with Gasteiger partial charge in [-0.2, -0.15) is 13.2 Å². The standard InChI is InChI=1S/C23H23ClF3N3O/c1-14(2)20-28-9-10-30(20)19-12-16(15-5-7-18(24)8-6-15)11-17(13-19)21(31)29-22(3,4)23(25,26)27/h5-14H,1-4H3,(H,29,31). The number of hydrogen-bond acceptors (Lipinski definition) is 2. The molecule has 1 heterocycles. The predicted molar refractivity (Wildman–Crippen MR) is 116 cm³/mol. The zero-order valence-corrected chi connectivity index (χ0v) is 18.3. The Kier molecular flexibility index (Phi) is 6.18. The molecule has 2 aromatic carbocycles. The van der Waals surface area contributed by atoms with Crippen LogP contribution in [-0.2, 0) is 0 Å². The van der Waals surface area contributed by atoms with E-state index in [9.17, 15) is 18.0 Å². The fraction of sp³-hybridized carbons (Fsp3) is 0.304. The number of rotatable bonds is 5. The molecule has 3 aromatic rings. The zero-order valence-electron chi connectivity index (χ0n) is 17.6. The second-order valence-electron chi connectivity index (χ2n) is 8.16. The topological polar surface area (TPSA) is 46.9 Å². The lowest BCUT2D eigenvalue weighted by atomic mass is 9.99. The number of nitrogens with one attached hydrogen (secondary N) is 1. The first-order valence-corrected chi connectivity index (χ1v) is 10.1. The number of carbonyl (C=O) groups excluding carboxylic acids is 1. The van der Waals surface area contributed by atoms with Crippen molar-refractivity contribution in [1.82, 2.24) is 14.9 Å². The van der Waals surface area contributed by atoms with Gasteiger partial charge >= 0.3 is 6.18 Å². The number of imidazole rings is 1. The van der Waals surface area contributed by atoms with Gasteiger partial charge in [0.05, 0.1) is 0 Å². The SMILES string of the molecule is CC(C)c1nccn1-c1cc(C(=O)NC(C)(C)C(F)(F)F)cc(-c2ccc(Cl)cc2)c1. The van der Waals surface area contributed by atoms with Gasteiger partial charge in [0.25, 0.3) is 5.91 Å². The van der Waals surface area contributed by atoms with Crippen molar-refractivity contribution in [1.29, 1.82) is 0 Å².